The van der Waals surface area contributed by atoms with Gasteiger partial charge in [0.1, 0.15) is 30.5 Å². The maximum absolute atomic E-state index is 12.7. The quantitative estimate of drug-likeness (QED) is 0.0450. The zero-order valence-corrected chi connectivity index (χ0v) is 27.5. The van der Waals surface area contributed by atoms with Crippen LogP contribution < -0.4 is 14.2 Å². The zero-order valence-electron chi connectivity index (χ0n) is 27.5. The number of hydrogen-bond donors (Lipinski definition) is 0. The summed E-state index contributed by atoms with van der Waals surface area (Å²) in [5.41, 5.74) is 4.81. The molecule has 0 bridgehead atoms. The van der Waals surface area contributed by atoms with Crippen molar-refractivity contribution in [2.45, 2.75) is 32.6 Å². The number of carbonyl (C=O) groups excluding carboxylic acids is 3. The molecule has 0 aliphatic rings. The Bertz CT molecular complexity index is 1710. The number of rotatable bonds is 18. The summed E-state index contributed by atoms with van der Waals surface area (Å²) >= 11 is 0. The van der Waals surface area contributed by atoms with E-state index in [9.17, 15) is 18.8 Å². The third kappa shape index (κ3) is 11.8. The first-order chi connectivity index (χ1) is 23.7. The van der Waals surface area contributed by atoms with Crippen molar-refractivity contribution >= 4 is 17.9 Å². The van der Waals surface area contributed by atoms with Gasteiger partial charge in [-0.1, -0.05) is 61.7 Å². The molecule has 8 nitrogen and oxygen atoms in total. The fourth-order valence-corrected chi connectivity index (χ4v) is 4.58. The maximum atomic E-state index is 12.7. The molecule has 0 saturated heterocycles. The molecule has 0 aromatic heterocycles. The fraction of sp³-hybridized carbons (Fsp3) is 0.225. The number of unbranched alkanes of at least 4 members (excludes halogenated alkanes) is 3. The van der Waals surface area contributed by atoms with Crippen molar-refractivity contribution in [2.24, 2.45) is 0 Å². The van der Waals surface area contributed by atoms with Gasteiger partial charge < -0.3 is 23.7 Å². The first-order valence-electron chi connectivity index (χ1n) is 15.9. The molecule has 0 spiro atoms. The molecule has 0 radical (unpaired) electrons. The number of esters is 3. The zero-order chi connectivity index (χ0) is 35.0. The van der Waals surface area contributed by atoms with E-state index in [2.05, 4.69) is 17.9 Å². The van der Waals surface area contributed by atoms with Crippen molar-refractivity contribution in [1.29, 1.82) is 0 Å². The van der Waals surface area contributed by atoms with E-state index >= 15 is 0 Å². The molecule has 0 atom stereocenters. The number of halogens is 1. The summed E-state index contributed by atoms with van der Waals surface area (Å²) in [6, 6.07) is 29.7. The lowest BCUT2D eigenvalue weighted by molar-refractivity contribution is -0.141. The highest BCUT2D eigenvalue weighted by atomic mass is 19.1. The molecule has 0 N–H and O–H groups in total. The number of hydrogen-bond acceptors (Lipinski definition) is 8. The summed E-state index contributed by atoms with van der Waals surface area (Å²) in [5, 5.41) is 0. The lowest BCUT2D eigenvalue weighted by Crippen LogP contribution is -2.12. The monoisotopic (exact) mass is 666 g/mol. The predicted octanol–water partition coefficient (Wildman–Crippen LogP) is 8.70. The molecule has 49 heavy (non-hydrogen) atoms. The van der Waals surface area contributed by atoms with E-state index in [1.165, 1.54) is 0 Å². The molecule has 0 aliphatic heterocycles. The van der Waals surface area contributed by atoms with E-state index in [1.54, 1.807) is 43.3 Å². The second-order valence-corrected chi connectivity index (χ2v) is 11.1. The highest BCUT2D eigenvalue weighted by Gasteiger charge is 2.10. The predicted molar refractivity (Wildman–Crippen MR) is 185 cm³/mol. The van der Waals surface area contributed by atoms with Gasteiger partial charge in [-0.15, -0.1) is 0 Å². The van der Waals surface area contributed by atoms with Crippen LogP contribution in [-0.4, -0.2) is 44.3 Å². The smallest absolute Gasteiger partial charge is 0.366 e. The Balaban J connectivity index is 1.18. The average Bonchev–Trinajstić information content (AvgIpc) is 3.12. The lowest BCUT2D eigenvalue weighted by atomic mass is 10.0. The van der Waals surface area contributed by atoms with Crippen LogP contribution in [0.1, 0.15) is 43.0 Å². The average molecular weight is 667 g/mol. The maximum Gasteiger partial charge on any atom is 0.366 e. The topological polar surface area (TPSA) is 97.4 Å². The van der Waals surface area contributed by atoms with Gasteiger partial charge in [-0.2, -0.15) is 4.39 Å². The van der Waals surface area contributed by atoms with E-state index in [4.69, 9.17) is 18.9 Å². The molecule has 9 heteroatoms. The van der Waals surface area contributed by atoms with Gasteiger partial charge >= 0.3 is 17.9 Å². The van der Waals surface area contributed by atoms with Crippen LogP contribution >= 0.6 is 0 Å². The van der Waals surface area contributed by atoms with E-state index in [1.807, 2.05) is 60.7 Å². The van der Waals surface area contributed by atoms with Crippen LogP contribution in [0.5, 0.6) is 17.2 Å². The van der Waals surface area contributed by atoms with Gasteiger partial charge in [0.25, 0.3) is 0 Å². The van der Waals surface area contributed by atoms with Gasteiger partial charge in [0.2, 0.25) is 5.83 Å². The van der Waals surface area contributed by atoms with Crippen molar-refractivity contribution in [1.82, 2.24) is 0 Å². The van der Waals surface area contributed by atoms with Crippen molar-refractivity contribution in [3.63, 3.8) is 0 Å². The first kappa shape index (κ1) is 36.1. The lowest BCUT2D eigenvalue weighted by Gasteiger charge is -2.09. The standard InChI is InChI=1S/C40H39FO8/c1-28(2)38(42)47-25-7-5-4-6-24-45-35-20-16-34(17-21-35)40(44)49-37-22-14-33(15-23-37)31-10-8-30(9-11-31)32-12-18-36(19-13-32)46-26-27-48-39(43)29(3)41/h8-23H,1,3-7,24-27H2,2H3. The number of benzene rings is 4. The van der Waals surface area contributed by atoms with Crippen LogP contribution in [0, 0.1) is 0 Å². The Hall–Kier alpha value is -5.70. The molecule has 254 valence electrons. The Morgan fingerprint density at radius 1 is 0.531 bits per heavy atom. The van der Waals surface area contributed by atoms with Crippen LogP contribution in [0.3, 0.4) is 0 Å². The second-order valence-electron chi connectivity index (χ2n) is 11.1. The van der Waals surface area contributed by atoms with Gasteiger partial charge in [-0.05, 0) is 103 Å². The Labute approximate surface area is 285 Å². The molecule has 0 fully saturated rings. The molecular weight excluding hydrogens is 627 g/mol. The number of ether oxygens (including phenoxy) is 5. The summed E-state index contributed by atoms with van der Waals surface area (Å²) in [6.07, 6.45) is 3.56. The third-order valence-electron chi connectivity index (χ3n) is 7.26. The van der Waals surface area contributed by atoms with Crippen molar-refractivity contribution in [3.05, 3.63) is 127 Å². The van der Waals surface area contributed by atoms with Gasteiger partial charge in [0, 0.05) is 5.57 Å². The Morgan fingerprint density at radius 2 is 0.959 bits per heavy atom. The van der Waals surface area contributed by atoms with E-state index < -0.39 is 17.8 Å². The summed E-state index contributed by atoms with van der Waals surface area (Å²) in [5.74, 6) is -1.34. The fourth-order valence-electron chi connectivity index (χ4n) is 4.58. The largest absolute Gasteiger partial charge is 0.494 e. The molecule has 0 unspecified atom stereocenters. The SMILES string of the molecule is C=C(C)C(=O)OCCCCCCOc1ccc(C(=O)Oc2ccc(-c3ccc(-c4ccc(OCCOC(=O)C(=C)F)cc4)cc3)cc2)cc1. The molecule has 4 rings (SSSR count). The molecule has 0 amide bonds. The van der Waals surface area contributed by atoms with Crippen molar-refractivity contribution < 1.29 is 42.5 Å². The van der Waals surface area contributed by atoms with Gasteiger partial charge in [0.15, 0.2) is 0 Å². The van der Waals surface area contributed by atoms with E-state index in [-0.39, 0.29) is 19.2 Å². The summed E-state index contributed by atoms with van der Waals surface area (Å²) in [4.78, 5) is 35.1. The minimum absolute atomic E-state index is 0.0818. The van der Waals surface area contributed by atoms with Crippen molar-refractivity contribution in [3.8, 4) is 39.5 Å². The normalized spacial score (nSPS) is 10.5. The Morgan fingerprint density at radius 3 is 1.47 bits per heavy atom. The number of carbonyl (C=O) groups is 3. The third-order valence-corrected chi connectivity index (χ3v) is 7.26. The van der Waals surface area contributed by atoms with Crippen LogP contribution in [0.15, 0.2) is 122 Å². The minimum atomic E-state index is -1.14. The van der Waals surface area contributed by atoms with Crippen LogP contribution in [0.4, 0.5) is 4.39 Å². The van der Waals surface area contributed by atoms with Crippen LogP contribution in [0.2, 0.25) is 0 Å². The van der Waals surface area contributed by atoms with Crippen LogP contribution in [0.25, 0.3) is 22.3 Å². The van der Waals surface area contributed by atoms with Crippen LogP contribution in [-0.2, 0) is 19.1 Å². The molecule has 0 heterocycles. The van der Waals surface area contributed by atoms with Gasteiger partial charge in [-0.3, -0.25) is 0 Å². The molecular formula is C40H39FO8. The first-order valence-corrected chi connectivity index (χ1v) is 15.9. The summed E-state index contributed by atoms with van der Waals surface area (Å²) in [7, 11) is 0. The van der Waals surface area contributed by atoms with E-state index in [0.29, 0.717) is 41.6 Å². The summed E-state index contributed by atoms with van der Waals surface area (Å²) < 4.78 is 39.3. The Kier molecular flexibility index (Phi) is 13.7. The summed E-state index contributed by atoms with van der Waals surface area (Å²) in [6.45, 7) is 9.04. The second kappa shape index (κ2) is 18.6. The molecule has 4 aromatic carbocycles. The minimum Gasteiger partial charge on any atom is -0.494 e. The van der Waals surface area contributed by atoms with E-state index in [0.717, 1.165) is 47.9 Å². The highest BCUT2D eigenvalue weighted by Crippen LogP contribution is 2.28. The molecule has 0 aliphatic carbocycles. The highest BCUT2D eigenvalue weighted by molar-refractivity contribution is 5.91. The molecule has 4 aromatic rings. The van der Waals surface area contributed by atoms with Gasteiger partial charge in [-0.25, -0.2) is 14.4 Å². The van der Waals surface area contributed by atoms with Gasteiger partial charge in [0.05, 0.1) is 18.8 Å². The van der Waals surface area contributed by atoms with Crippen molar-refractivity contribution in [2.75, 3.05) is 26.4 Å². The molecule has 0 saturated carbocycles.